The van der Waals surface area contributed by atoms with Crippen LogP contribution in [0.2, 0.25) is 0 Å². The van der Waals surface area contributed by atoms with E-state index < -0.39 is 0 Å². The van der Waals surface area contributed by atoms with Gasteiger partial charge in [-0.3, -0.25) is 9.59 Å². The number of thiophene rings is 2. The normalized spacial score (nSPS) is 16.7. The zero-order valence-corrected chi connectivity index (χ0v) is 15.4. The lowest BCUT2D eigenvalue weighted by Gasteiger charge is -2.35. The lowest BCUT2D eigenvalue weighted by molar-refractivity contribution is -0.134. The van der Waals surface area contributed by atoms with E-state index >= 15 is 0 Å². The second kappa shape index (κ2) is 7.94. The molecule has 6 heteroatoms. The van der Waals surface area contributed by atoms with E-state index in [9.17, 15) is 9.59 Å². The van der Waals surface area contributed by atoms with Crippen molar-refractivity contribution in [2.45, 2.75) is 38.6 Å². The van der Waals surface area contributed by atoms with Gasteiger partial charge in [-0.15, -0.1) is 22.7 Å². The Morgan fingerprint density at radius 1 is 1.29 bits per heavy atom. The topological polar surface area (TPSA) is 49.4 Å². The summed E-state index contributed by atoms with van der Waals surface area (Å²) >= 11 is 3.23. The predicted molar refractivity (Wildman–Crippen MR) is 98.7 cm³/mol. The lowest BCUT2D eigenvalue weighted by atomic mass is 9.97. The number of hydrogen-bond donors (Lipinski definition) is 1. The van der Waals surface area contributed by atoms with Crippen molar-refractivity contribution in [3.8, 4) is 0 Å². The molecule has 1 aliphatic heterocycles. The Morgan fingerprint density at radius 3 is 2.92 bits per heavy atom. The first-order valence-corrected chi connectivity index (χ1v) is 10.1. The summed E-state index contributed by atoms with van der Waals surface area (Å²) in [6, 6.07) is 6.05. The van der Waals surface area contributed by atoms with Gasteiger partial charge in [-0.2, -0.15) is 0 Å². The van der Waals surface area contributed by atoms with E-state index in [0.717, 1.165) is 19.4 Å². The summed E-state index contributed by atoms with van der Waals surface area (Å²) in [5.74, 6) is 0.147. The van der Waals surface area contributed by atoms with Gasteiger partial charge in [0.15, 0.2) is 0 Å². The fraction of sp³-hybridized carbons (Fsp3) is 0.444. The summed E-state index contributed by atoms with van der Waals surface area (Å²) < 4.78 is 0. The highest BCUT2D eigenvalue weighted by atomic mass is 32.1. The van der Waals surface area contributed by atoms with E-state index in [4.69, 9.17) is 0 Å². The molecule has 1 N–H and O–H groups in total. The average Bonchev–Trinajstić information content (AvgIpc) is 3.28. The third kappa shape index (κ3) is 3.70. The summed E-state index contributed by atoms with van der Waals surface area (Å²) in [5.41, 5.74) is 1.33. The van der Waals surface area contributed by atoms with Crippen molar-refractivity contribution in [2.24, 2.45) is 0 Å². The van der Waals surface area contributed by atoms with Gasteiger partial charge in [-0.05, 0) is 47.7 Å². The molecule has 1 aliphatic rings. The first-order valence-electron chi connectivity index (χ1n) is 8.38. The molecule has 0 radical (unpaired) electrons. The second-order valence-electron chi connectivity index (χ2n) is 5.90. The molecule has 0 spiro atoms. The van der Waals surface area contributed by atoms with Crippen LogP contribution >= 0.6 is 22.7 Å². The second-order valence-corrected chi connectivity index (χ2v) is 7.85. The van der Waals surface area contributed by atoms with E-state index in [0.29, 0.717) is 24.3 Å². The molecule has 1 unspecified atom stereocenters. The molecule has 3 rings (SSSR count). The fourth-order valence-corrected chi connectivity index (χ4v) is 4.78. The van der Waals surface area contributed by atoms with Crippen LogP contribution < -0.4 is 5.32 Å². The van der Waals surface area contributed by atoms with Crippen LogP contribution in [0.3, 0.4) is 0 Å². The van der Waals surface area contributed by atoms with Crippen molar-refractivity contribution in [1.29, 1.82) is 0 Å². The van der Waals surface area contributed by atoms with Gasteiger partial charge in [0, 0.05) is 24.4 Å². The van der Waals surface area contributed by atoms with E-state index in [1.807, 2.05) is 22.4 Å². The number of amides is 2. The smallest absolute Gasteiger partial charge is 0.261 e. The summed E-state index contributed by atoms with van der Waals surface area (Å²) in [5, 5.41) is 6.90. The molecule has 2 amide bonds. The van der Waals surface area contributed by atoms with Crippen molar-refractivity contribution in [3.05, 3.63) is 44.3 Å². The maximum absolute atomic E-state index is 12.6. The summed E-state index contributed by atoms with van der Waals surface area (Å²) in [6.45, 7) is 3.49. The maximum Gasteiger partial charge on any atom is 0.261 e. The van der Waals surface area contributed by atoms with Crippen LogP contribution in [0.4, 0.5) is 0 Å². The van der Waals surface area contributed by atoms with Gasteiger partial charge >= 0.3 is 0 Å². The third-order valence-corrected chi connectivity index (χ3v) is 6.26. The summed E-state index contributed by atoms with van der Waals surface area (Å²) in [4.78, 5) is 28.6. The Labute approximate surface area is 150 Å². The number of hydrogen-bond acceptors (Lipinski definition) is 4. The largest absolute Gasteiger partial charge is 0.351 e. The molecular formula is C18H22N2O2S2. The zero-order valence-electron chi connectivity index (χ0n) is 13.8. The Balaban J connectivity index is 1.48. The molecule has 3 heterocycles. The average molecular weight is 363 g/mol. The van der Waals surface area contributed by atoms with E-state index in [1.165, 1.54) is 21.8 Å². The molecule has 0 fully saturated rings. The highest BCUT2D eigenvalue weighted by molar-refractivity contribution is 7.12. The van der Waals surface area contributed by atoms with E-state index in [1.54, 1.807) is 11.3 Å². The monoisotopic (exact) mass is 362 g/mol. The van der Waals surface area contributed by atoms with Gasteiger partial charge in [-0.1, -0.05) is 13.0 Å². The molecular weight excluding hydrogens is 340 g/mol. The SMILES string of the molecule is CCC1c2ccsc2CCN1C(=O)CCCNC(=O)c1cccs1. The van der Waals surface area contributed by atoms with Crippen molar-refractivity contribution < 1.29 is 9.59 Å². The van der Waals surface area contributed by atoms with Crippen molar-refractivity contribution >= 4 is 34.5 Å². The quantitative estimate of drug-likeness (QED) is 0.794. The molecule has 0 bridgehead atoms. The summed E-state index contributed by atoms with van der Waals surface area (Å²) in [7, 11) is 0. The van der Waals surface area contributed by atoms with Crippen LogP contribution in [0.25, 0.3) is 0 Å². The minimum Gasteiger partial charge on any atom is -0.351 e. The first-order chi connectivity index (χ1) is 11.7. The first kappa shape index (κ1) is 17.2. The van der Waals surface area contributed by atoms with E-state index in [2.05, 4.69) is 23.7 Å². The molecule has 0 aromatic carbocycles. The van der Waals surface area contributed by atoms with Crippen molar-refractivity contribution in [2.75, 3.05) is 13.1 Å². The molecule has 128 valence electrons. The molecule has 0 saturated carbocycles. The Morgan fingerprint density at radius 2 is 2.17 bits per heavy atom. The van der Waals surface area contributed by atoms with Crippen LogP contribution in [-0.2, 0) is 11.2 Å². The highest BCUT2D eigenvalue weighted by Crippen LogP contribution is 2.35. The van der Waals surface area contributed by atoms with Gasteiger partial charge in [0.1, 0.15) is 0 Å². The van der Waals surface area contributed by atoms with Gasteiger partial charge in [0.2, 0.25) is 5.91 Å². The number of fused-ring (bicyclic) bond motifs is 1. The Hall–Kier alpha value is -1.66. The number of nitrogens with zero attached hydrogens (tertiary/aromatic N) is 1. The van der Waals surface area contributed by atoms with Crippen LogP contribution in [0.15, 0.2) is 29.0 Å². The zero-order chi connectivity index (χ0) is 16.9. The number of carbonyl (C=O) groups excluding carboxylic acids is 2. The maximum atomic E-state index is 12.6. The predicted octanol–water partition coefficient (Wildman–Crippen LogP) is 3.86. The van der Waals surface area contributed by atoms with Crippen LogP contribution in [0.5, 0.6) is 0 Å². The molecule has 24 heavy (non-hydrogen) atoms. The minimum atomic E-state index is -0.0511. The standard InChI is InChI=1S/C18H22N2O2S2/c1-2-14-13-8-12-24-15(13)7-10-20(14)17(21)6-3-9-19-18(22)16-5-4-11-23-16/h4-5,8,11-12,14H,2-3,6-7,9-10H2,1H3,(H,19,22). The summed E-state index contributed by atoms with van der Waals surface area (Å²) in [6.07, 6.45) is 3.08. The Bertz CT molecular complexity index is 694. The molecule has 4 nitrogen and oxygen atoms in total. The van der Waals surface area contributed by atoms with Crippen molar-refractivity contribution in [3.63, 3.8) is 0 Å². The minimum absolute atomic E-state index is 0.0511. The van der Waals surface area contributed by atoms with Gasteiger partial charge < -0.3 is 10.2 Å². The lowest BCUT2D eigenvalue weighted by Crippen LogP contribution is -2.39. The van der Waals surface area contributed by atoms with Crippen LogP contribution in [0, 0.1) is 0 Å². The van der Waals surface area contributed by atoms with Crippen LogP contribution in [-0.4, -0.2) is 29.8 Å². The third-order valence-electron chi connectivity index (χ3n) is 4.40. The number of nitrogens with one attached hydrogen (secondary N) is 1. The van der Waals surface area contributed by atoms with Crippen LogP contribution in [0.1, 0.15) is 52.3 Å². The van der Waals surface area contributed by atoms with Gasteiger partial charge in [0.05, 0.1) is 10.9 Å². The van der Waals surface area contributed by atoms with Gasteiger partial charge in [0.25, 0.3) is 5.91 Å². The molecule has 0 saturated heterocycles. The molecule has 2 aromatic rings. The highest BCUT2D eigenvalue weighted by Gasteiger charge is 2.29. The van der Waals surface area contributed by atoms with E-state index in [-0.39, 0.29) is 17.9 Å². The molecule has 1 atom stereocenters. The Kier molecular flexibility index (Phi) is 5.68. The van der Waals surface area contributed by atoms with Gasteiger partial charge in [-0.25, -0.2) is 0 Å². The van der Waals surface area contributed by atoms with Crippen molar-refractivity contribution in [1.82, 2.24) is 10.2 Å². The molecule has 0 aliphatic carbocycles. The number of carbonyl (C=O) groups is 2. The fourth-order valence-electron chi connectivity index (χ4n) is 3.22. The molecule has 2 aromatic heterocycles. The number of rotatable bonds is 6.